The Balaban J connectivity index is 1.96. The van der Waals surface area contributed by atoms with Gasteiger partial charge in [0.05, 0.1) is 45.1 Å². The summed E-state index contributed by atoms with van der Waals surface area (Å²) in [7, 11) is 4.70. The number of hydrogen-bond donors (Lipinski definition) is 2. The van der Waals surface area contributed by atoms with E-state index in [0.29, 0.717) is 40.1 Å². The van der Waals surface area contributed by atoms with Gasteiger partial charge in [0.2, 0.25) is 5.75 Å². The highest BCUT2D eigenvalue weighted by Gasteiger charge is 2.16. The predicted molar refractivity (Wildman–Crippen MR) is 101 cm³/mol. The summed E-state index contributed by atoms with van der Waals surface area (Å²) in [5, 5.41) is 3.21. The minimum Gasteiger partial charge on any atom is -0.493 e. The van der Waals surface area contributed by atoms with Gasteiger partial charge in [0, 0.05) is 11.3 Å². The number of rotatable bonds is 6. The van der Waals surface area contributed by atoms with Crippen molar-refractivity contribution in [3.8, 4) is 28.5 Å². The molecule has 0 saturated heterocycles. The molecule has 7 nitrogen and oxygen atoms in total. The topological polar surface area (TPSA) is 91.5 Å². The quantitative estimate of drug-likeness (QED) is 0.656. The SMILES string of the molecule is COc1ccc(Nc2cncc(-c3cccc(N)c3)n2)c(OC)c1OC. The van der Waals surface area contributed by atoms with Crippen molar-refractivity contribution in [3.63, 3.8) is 0 Å². The van der Waals surface area contributed by atoms with Gasteiger partial charge in [-0.2, -0.15) is 0 Å². The average molecular weight is 352 g/mol. The fourth-order valence-corrected chi connectivity index (χ4v) is 2.60. The molecule has 1 aromatic heterocycles. The number of anilines is 3. The summed E-state index contributed by atoms with van der Waals surface area (Å²) in [5.41, 5.74) is 8.80. The third-order valence-corrected chi connectivity index (χ3v) is 3.78. The number of nitrogens with two attached hydrogens (primary N) is 1. The Morgan fingerprint density at radius 3 is 2.42 bits per heavy atom. The van der Waals surface area contributed by atoms with Crippen molar-refractivity contribution in [2.75, 3.05) is 32.4 Å². The second-order valence-electron chi connectivity index (χ2n) is 5.42. The van der Waals surface area contributed by atoms with Gasteiger partial charge < -0.3 is 25.3 Å². The molecule has 0 unspecified atom stereocenters. The fraction of sp³-hybridized carbons (Fsp3) is 0.158. The monoisotopic (exact) mass is 352 g/mol. The lowest BCUT2D eigenvalue weighted by molar-refractivity contribution is 0.325. The van der Waals surface area contributed by atoms with Crippen LogP contribution in [0.25, 0.3) is 11.3 Å². The predicted octanol–water partition coefficient (Wildman–Crippen LogP) is 3.50. The highest BCUT2D eigenvalue weighted by Crippen LogP contribution is 2.43. The number of nitrogen functional groups attached to an aromatic ring is 1. The van der Waals surface area contributed by atoms with E-state index in [1.54, 1.807) is 39.8 Å². The summed E-state index contributed by atoms with van der Waals surface area (Å²) in [4.78, 5) is 8.85. The van der Waals surface area contributed by atoms with Crippen LogP contribution in [-0.4, -0.2) is 31.3 Å². The third kappa shape index (κ3) is 3.46. The van der Waals surface area contributed by atoms with Crippen molar-refractivity contribution >= 4 is 17.2 Å². The molecule has 0 aliphatic rings. The zero-order valence-corrected chi connectivity index (χ0v) is 14.8. The van der Waals surface area contributed by atoms with Gasteiger partial charge in [-0.05, 0) is 24.3 Å². The van der Waals surface area contributed by atoms with E-state index in [9.17, 15) is 0 Å². The third-order valence-electron chi connectivity index (χ3n) is 3.78. The lowest BCUT2D eigenvalue weighted by Gasteiger charge is -2.16. The standard InChI is InChI=1S/C19H20N4O3/c1-24-16-8-7-14(18(25-2)19(16)26-3)22-17-11-21-10-15(23-17)12-5-4-6-13(20)9-12/h4-11H,20H2,1-3H3,(H,22,23). The highest BCUT2D eigenvalue weighted by atomic mass is 16.5. The van der Waals surface area contributed by atoms with Crippen LogP contribution in [0.2, 0.25) is 0 Å². The molecule has 26 heavy (non-hydrogen) atoms. The molecule has 0 saturated carbocycles. The Morgan fingerprint density at radius 2 is 1.73 bits per heavy atom. The molecule has 1 heterocycles. The number of aromatic nitrogens is 2. The van der Waals surface area contributed by atoms with Crippen LogP contribution >= 0.6 is 0 Å². The first-order valence-corrected chi connectivity index (χ1v) is 7.90. The van der Waals surface area contributed by atoms with Crippen LogP contribution < -0.4 is 25.3 Å². The molecule has 3 aromatic rings. The van der Waals surface area contributed by atoms with Crippen LogP contribution in [-0.2, 0) is 0 Å². The summed E-state index contributed by atoms with van der Waals surface area (Å²) in [5.74, 6) is 2.16. The smallest absolute Gasteiger partial charge is 0.205 e. The Bertz CT molecular complexity index is 915. The molecular weight excluding hydrogens is 332 g/mol. The molecule has 3 N–H and O–H groups in total. The number of ether oxygens (including phenoxy) is 3. The van der Waals surface area contributed by atoms with Crippen LogP contribution in [0.5, 0.6) is 17.2 Å². The summed E-state index contributed by atoms with van der Waals surface area (Å²) in [6, 6.07) is 11.1. The van der Waals surface area contributed by atoms with Crippen molar-refractivity contribution in [1.29, 1.82) is 0 Å². The molecule has 2 aromatic carbocycles. The maximum atomic E-state index is 5.85. The number of nitrogens with zero attached hydrogens (tertiary/aromatic N) is 2. The summed E-state index contributed by atoms with van der Waals surface area (Å²) >= 11 is 0. The number of benzene rings is 2. The molecule has 0 aliphatic carbocycles. The van der Waals surface area contributed by atoms with Crippen LogP contribution in [0.3, 0.4) is 0 Å². The fourth-order valence-electron chi connectivity index (χ4n) is 2.60. The number of hydrogen-bond acceptors (Lipinski definition) is 7. The lowest BCUT2D eigenvalue weighted by Crippen LogP contribution is -2.01. The largest absolute Gasteiger partial charge is 0.493 e. The Hall–Kier alpha value is -3.48. The summed E-state index contributed by atoms with van der Waals surface area (Å²) < 4.78 is 16.2. The Kier molecular flexibility index (Phi) is 5.07. The zero-order chi connectivity index (χ0) is 18.5. The maximum Gasteiger partial charge on any atom is 0.205 e. The molecule has 0 aliphatic heterocycles. The van der Waals surface area contributed by atoms with E-state index >= 15 is 0 Å². The van der Waals surface area contributed by atoms with Gasteiger partial charge in [0.1, 0.15) is 5.82 Å². The van der Waals surface area contributed by atoms with Gasteiger partial charge in [-0.3, -0.25) is 4.98 Å². The van der Waals surface area contributed by atoms with Gasteiger partial charge in [0.15, 0.2) is 11.5 Å². The zero-order valence-electron chi connectivity index (χ0n) is 14.8. The van der Waals surface area contributed by atoms with E-state index in [0.717, 1.165) is 5.56 Å². The lowest BCUT2D eigenvalue weighted by atomic mass is 10.1. The van der Waals surface area contributed by atoms with E-state index in [4.69, 9.17) is 19.9 Å². The minimum atomic E-state index is 0.500. The molecule has 0 fully saturated rings. The van der Waals surface area contributed by atoms with Gasteiger partial charge in [-0.25, -0.2) is 4.98 Å². The van der Waals surface area contributed by atoms with Crippen LogP contribution in [0, 0.1) is 0 Å². The van der Waals surface area contributed by atoms with E-state index in [1.165, 1.54) is 0 Å². The van der Waals surface area contributed by atoms with Gasteiger partial charge >= 0.3 is 0 Å². The number of nitrogens with one attached hydrogen (secondary N) is 1. The molecule has 3 rings (SSSR count). The first-order chi connectivity index (χ1) is 12.7. The molecule has 0 bridgehead atoms. The van der Waals surface area contributed by atoms with Crippen molar-refractivity contribution in [3.05, 3.63) is 48.8 Å². The van der Waals surface area contributed by atoms with Crippen molar-refractivity contribution in [2.24, 2.45) is 0 Å². The second kappa shape index (κ2) is 7.60. The Labute approximate surface area is 151 Å². The molecular formula is C19H20N4O3. The van der Waals surface area contributed by atoms with Crippen LogP contribution in [0.15, 0.2) is 48.8 Å². The van der Waals surface area contributed by atoms with E-state index in [-0.39, 0.29) is 0 Å². The number of methoxy groups -OCH3 is 3. The molecule has 0 atom stereocenters. The molecule has 0 amide bonds. The van der Waals surface area contributed by atoms with Crippen LogP contribution in [0.1, 0.15) is 0 Å². The van der Waals surface area contributed by atoms with Crippen molar-refractivity contribution in [2.45, 2.75) is 0 Å². The molecule has 134 valence electrons. The second-order valence-corrected chi connectivity index (χ2v) is 5.42. The van der Waals surface area contributed by atoms with Gasteiger partial charge in [-0.15, -0.1) is 0 Å². The molecule has 7 heteroatoms. The first-order valence-electron chi connectivity index (χ1n) is 7.90. The van der Waals surface area contributed by atoms with Crippen LogP contribution in [0.4, 0.5) is 17.2 Å². The first kappa shape index (κ1) is 17.3. The normalized spacial score (nSPS) is 10.3. The van der Waals surface area contributed by atoms with Gasteiger partial charge in [-0.1, -0.05) is 12.1 Å². The maximum absolute atomic E-state index is 5.85. The minimum absolute atomic E-state index is 0.500. The Morgan fingerprint density at radius 1 is 0.923 bits per heavy atom. The van der Waals surface area contributed by atoms with Gasteiger partial charge in [0.25, 0.3) is 0 Å². The summed E-state index contributed by atoms with van der Waals surface area (Å²) in [6.45, 7) is 0. The average Bonchev–Trinajstić information content (AvgIpc) is 2.67. The summed E-state index contributed by atoms with van der Waals surface area (Å²) in [6.07, 6.45) is 3.32. The van der Waals surface area contributed by atoms with E-state index in [1.807, 2.05) is 30.3 Å². The highest BCUT2D eigenvalue weighted by molar-refractivity contribution is 5.73. The van der Waals surface area contributed by atoms with E-state index in [2.05, 4.69) is 15.3 Å². The molecule has 0 spiro atoms. The van der Waals surface area contributed by atoms with Crippen molar-refractivity contribution < 1.29 is 14.2 Å². The van der Waals surface area contributed by atoms with Crippen molar-refractivity contribution in [1.82, 2.24) is 9.97 Å². The molecule has 0 radical (unpaired) electrons. The van der Waals surface area contributed by atoms with E-state index < -0.39 is 0 Å².